The Balaban J connectivity index is 1.08. The maximum atomic E-state index is 13.4. The van der Waals surface area contributed by atoms with Gasteiger partial charge in [-0.25, -0.2) is 4.98 Å². The maximum absolute atomic E-state index is 13.4. The minimum absolute atomic E-state index is 0.0507. The molecule has 224 valence electrons. The number of hydrogen-bond acceptors (Lipinski definition) is 5. The molecule has 1 aromatic heterocycles. The number of H-pyrrole nitrogens is 1. The van der Waals surface area contributed by atoms with Crippen molar-refractivity contribution < 1.29 is 19.2 Å². The first-order valence-corrected chi connectivity index (χ1v) is 15.5. The van der Waals surface area contributed by atoms with E-state index in [0.29, 0.717) is 17.2 Å². The first kappa shape index (κ1) is 28.0. The molecule has 6 unspecified atom stereocenters. The largest absolute Gasteiger partial charge is 0.338 e. The molecule has 0 radical (unpaired) electrons. The van der Waals surface area contributed by atoms with Crippen molar-refractivity contribution >= 4 is 45.8 Å². The molecule has 4 bridgehead atoms. The summed E-state index contributed by atoms with van der Waals surface area (Å²) < 4.78 is 0. The lowest BCUT2D eigenvalue weighted by Crippen LogP contribution is -2.37. The van der Waals surface area contributed by atoms with Crippen molar-refractivity contribution in [3.05, 3.63) is 42.5 Å². The zero-order valence-electron chi connectivity index (χ0n) is 25.8. The number of imidazole rings is 1. The molecule has 4 aliphatic rings. The zero-order valence-corrected chi connectivity index (χ0v) is 25.8. The first-order valence-electron chi connectivity index (χ1n) is 15.5. The third kappa shape index (κ3) is 3.64. The summed E-state index contributed by atoms with van der Waals surface area (Å²) in [5, 5.41) is 6.00. The lowest BCUT2D eigenvalue weighted by molar-refractivity contribution is -0.138. The summed E-state index contributed by atoms with van der Waals surface area (Å²) in [6, 6.07) is 12.9. The van der Waals surface area contributed by atoms with E-state index in [1.807, 2.05) is 50.2 Å². The molecule has 8 heteroatoms. The van der Waals surface area contributed by atoms with Gasteiger partial charge in [0, 0.05) is 27.8 Å². The molecular formula is C35H40N4O4. The molecule has 4 aliphatic carbocycles. The number of carbonyl (C=O) groups is 4. The van der Waals surface area contributed by atoms with Crippen LogP contribution in [0.2, 0.25) is 0 Å². The van der Waals surface area contributed by atoms with E-state index in [1.165, 1.54) is 0 Å². The number of nitrogens with one attached hydrogen (secondary N) is 3. The Kier molecular flexibility index (Phi) is 5.77. The van der Waals surface area contributed by atoms with Gasteiger partial charge in [-0.1, -0.05) is 53.7 Å². The quantitative estimate of drug-likeness (QED) is 0.302. The van der Waals surface area contributed by atoms with E-state index in [-0.39, 0.29) is 46.0 Å². The highest BCUT2D eigenvalue weighted by molar-refractivity contribution is 6.13. The minimum atomic E-state index is -0.624. The molecule has 4 fully saturated rings. The molecule has 7 rings (SSSR count). The molecule has 0 aliphatic heterocycles. The second-order valence-electron chi connectivity index (χ2n) is 15.0. The van der Waals surface area contributed by atoms with Crippen molar-refractivity contribution in [2.45, 2.75) is 67.2 Å². The number of ketones is 2. The second-order valence-corrected chi connectivity index (χ2v) is 15.0. The van der Waals surface area contributed by atoms with Crippen LogP contribution in [-0.2, 0) is 19.2 Å². The highest BCUT2D eigenvalue weighted by Crippen LogP contribution is 2.66. The van der Waals surface area contributed by atoms with Crippen LogP contribution in [0.15, 0.2) is 42.5 Å². The highest BCUT2D eigenvalue weighted by atomic mass is 16.2. The van der Waals surface area contributed by atoms with Gasteiger partial charge in [-0.05, 0) is 78.7 Å². The Morgan fingerprint density at radius 1 is 0.767 bits per heavy atom. The predicted octanol–water partition coefficient (Wildman–Crippen LogP) is 6.39. The fraction of sp³-hybridized carbons (Fsp3) is 0.514. The van der Waals surface area contributed by atoms with E-state index in [4.69, 9.17) is 4.98 Å². The van der Waals surface area contributed by atoms with Crippen LogP contribution in [0, 0.1) is 45.3 Å². The Morgan fingerprint density at radius 2 is 1.30 bits per heavy atom. The molecule has 2 amide bonds. The van der Waals surface area contributed by atoms with Crippen molar-refractivity contribution in [3.63, 3.8) is 0 Å². The number of anilines is 2. The monoisotopic (exact) mass is 580 g/mol. The molecule has 2 aromatic carbocycles. The number of benzene rings is 2. The molecule has 43 heavy (non-hydrogen) atoms. The van der Waals surface area contributed by atoms with Crippen LogP contribution in [0.3, 0.4) is 0 Å². The van der Waals surface area contributed by atoms with Crippen molar-refractivity contribution in [1.82, 2.24) is 9.97 Å². The lowest BCUT2D eigenvalue weighted by Gasteiger charge is -2.32. The number of Topliss-reactive ketones (excluding diaryl/α,β-unsaturated/α-hetero) is 2. The second kappa shape index (κ2) is 8.87. The number of fused-ring (bicyclic) bond motifs is 5. The minimum Gasteiger partial charge on any atom is -0.338 e. The Labute approximate surface area is 251 Å². The van der Waals surface area contributed by atoms with Crippen molar-refractivity contribution in [2.75, 3.05) is 10.6 Å². The summed E-state index contributed by atoms with van der Waals surface area (Å²) in [5.74, 6) is -0.871. The van der Waals surface area contributed by atoms with Crippen LogP contribution in [0.25, 0.3) is 22.4 Å². The van der Waals surface area contributed by atoms with Gasteiger partial charge in [0.2, 0.25) is 11.8 Å². The molecule has 8 nitrogen and oxygen atoms in total. The summed E-state index contributed by atoms with van der Waals surface area (Å²) in [5.41, 5.74) is 2.21. The SMILES string of the molecule is CC12CCC(C(C(=O)Nc3cccc(-c4nc5ccc(NC(=O)C6C(=O)C7(C)CCC6C7(C)C)cc5[nH]4)c3)C1=O)C2(C)C. The summed E-state index contributed by atoms with van der Waals surface area (Å²) in [6.07, 6.45) is 3.48. The van der Waals surface area contributed by atoms with Crippen molar-refractivity contribution in [1.29, 1.82) is 0 Å². The number of hydrogen-bond donors (Lipinski definition) is 3. The van der Waals surface area contributed by atoms with E-state index >= 15 is 0 Å². The Bertz CT molecular complexity index is 1740. The van der Waals surface area contributed by atoms with Gasteiger partial charge in [0.05, 0.1) is 11.0 Å². The normalized spacial score (nSPS) is 33.3. The van der Waals surface area contributed by atoms with Crippen LogP contribution >= 0.6 is 0 Å². The summed E-state index contributed by atoms with van der Waals surface area (Å²) in [6.45, 7) is 12.5. The van der Waals surface area contributed by atoms with E-state index < -0.39 is 22.7 Å². The number of nitrogens with zero attached hydrogens (tertiary/aromatic N) is 1. The van der Waals surface area contributed by atoms with Crippen LogP contribution in [0.1, 0.15) is 67.2 Å². The van der Waals surface area contributed by atoms with Gasteiger partial charge in [0.1, 0.15) is 17.7 Å². The fourth-order valence-corrected chi connectivity index (χ4v) is 9.18. The lowest BCUT2D eigenvalue weighted by atomic mass is 9.70. The average Bonchev–Trinajstić information content (AvgIpc) is 3.62. The van der Waals surface area contributed by atoms with Gasteiger partial charge < -0.3 is 15.6 Å². The predicted molar refractivity (Wildman–Crippen MR) is 165 cm³/mol. The van der Waals surface area contributed by atoms with Crippen LogP contribution < -0.4 is 10.6 Å². The number of carbonyl (C=O) groups excluding carboxylic acids is 4. The number of amides is 2. The van der Waals surface area contributed by atoms with Gasteiger partial charge in [-0.2, -0.15) is 0 Å². The van der Waals surface area contributed by atoms with E-state index in [9.17, 15) is 19.2 Å². The van der Waals surface area contributed by atoms with Crippen LogP contribution in [0.4, 0.5) is 11.4 Å². The fourth-order valence-electron chi connectivity index (χ4n) is 9.18. The Morgan fingerprint density at radius 3 is 1.81 bits per heavy atom. The third-order valence-electron chi connectivity index (χ3n) is 12.8. The van der Waals surface area contributed by atoms with Gasteiger partial charge in [-0.15, -0.1) is 0 Å². The van der Waals surface area contributed by atoms with E-state index in [0.717, 1.165) is 42.3 Å². The zero-order chi connectivity index (χ0) is 30.7. The number of aromatic nitrogens is 2. The molecule has 3 N–H and O–H groups in total. The van der Waals surface area contributed by atoms with Crippen LogP contribution in [-0.4, -0.2) is 33.3 Å². The molecule has 3 aromatic rings. The first-order chi connectivity index (χ1) is 20.2. The van der Waals surface area contributed by atoms with Gasteiger partial charge in [-0.3, -0.25) is 19.2 Å². The van der Waals surface area contributed by atoms with Gasteiger partial charge in [0.15, 0.2) is 11.6 Å². The summed E-state index contributed by atoms with van der Waals surface area (Å²) in [7, 11) is 0. The number of aromatic amines is 1. The Hall–Kier alpha value is -3.81. The van der Waals surface area contributed by atoms with Crippen molar-refractivity contribution in [2.24, 2.45) is 45.3 Å². The van der Waals surface area contributed by atoms with Crippen LogP contribution in [0.5, 0.6) is 0 Å². The smallest absolute Gasteiger partial charge is 0.235 e. The summed E-state index contributed by atoms with van der Waals surface area (Å²) in [4.78, 5) is 61.3. The maximum Gasteiger partial charge on any atom is 0.235 e. The summed E-state index contributed by atoms with van der Waals surface area (Å²) >= 11 is 0. The highest BCUT2D eigenvalue weighted by Gasteiger charge is 2.69. The topological polar surface area (TPSA) is 121 Å². The van der Waals surface area contributed by atoms with Gasteiger partial charge >= 0.3 is 0 Å². The molecular weight excluding hydrogens is 540 g/mol. The van der Waals surface area contributed by atoms with E-state index in [2.05, 4.69) is 43.3 Å². The average molecular weight is 581 g/mol. The molecule has 0 spiro atoms. The molecule has 1 heterocycles. The molecule has 6 atom stereocenters. The van der Waals surface area contributed by atoms with E-state index in [1.54, 1.807) is 6.07 Å². The molecule has 4 saturated carbocycles. The van der Waals surface area contributed by atoms with Crippen molar-refractivity contribution in [3.8, 4) is 11.4 Å². The number of rotatable bonds is 5. The standard InChI is InChI=1S/C35H40N4O4/c1-32(2)21-12-14-34(32,5)27(40)25(21)30(42)36-19-9-7-8-18(16-19)29-38-23-11-10-20(17-24(23)39-29)37-31(43)26-22-13-15-35(6,28(26)41)33(22,3)4/h7-11,16-17,21-22,25-26H,12-15H2,1-6H3,(H,36,42)(H,37,43)(H,38,39). The van der Waals surface area contributed by atoms with Gasteiger partial charge in [0.25, 0.3) is 0 Å². The third-order valence-corrected chi connectivity index (χ3v) is 12.8. The molecule has 0 saturated heterocycles.